The maximum atomic E-state index is 12.5. The summed E-state index contributed by atoms with van der Waals surface area (Å²) in [6.45, 7) is 1.23. The van der Waals surface area contributed by atoms with E-state index in [1.807, 2.05) is 0 Å². The van der Waals surface area contributed by atoms with Crippen molar-refractivity contribution < 1.29 is 14.5 Å². The number of hydrogen-bond acceptors (Lipinski definition) is 5. The highest BCUT2D eigenvalue weighted by Crippen LogP contribution is 2.25. The Bertz CT molecular complexity index is 868. The van der Waals surface area contributed by atoms with E-state index in [4.69, 9.17) is 0 Å². The average Bonchev–Trinajstić information content (AvgIpc) is 3.11. The molecule has 3 rings (SSSR count). The van der Waals surface area contributed by atoms with Gasteiger partial charge in [-0.15, -0.1) is 0 Å². The molecule has 0 radical (unpaired) electrons. The molecule has 140 valence electrons. The van der Waals surface area contributed by atoms with E-state index in [2.05, 4.69) is 10.6 Å². The molecule has 0 aromatic heterocycles. The summed E-state index contributed by atoms with van der Waals surface area (Å²) in [4.78, 5) is 36.7. The number of carbonyl (C=O) groups is 2. The summed E-state index contributed by atoms with van der Waals surface area (Å²) in [6.07, 6.45) is 1.28. The molecule has 1 fully saturated rings. The number of para-hydroxylation sites is 3. The minimum atomic E-state index is -0.454. The van der Waals surface area contributed by atoms with Crippen LogP contribution in [-0.4, -0.2) is 36.4 Å². The number of nitrogens with one attached hydrogen (secondary N) is 2. The van der Waals surface area contributed by atoms with Crippen molar-refractivity contribution in [2.45, 2.75) is 12.8 Å². The van der Waals surface area contributed by atoms with Crippen LogP contribution in [0.15, 0.2) is 48.5 Å². The number of nitro benzene ring substituents is 1. The predicted molar refractivity (Wildman–Crippen MR) is 102 cm³/mol. The van der Waals surface area contributed by atoms with Crippen molar-refractivity contribution in [1.29, 1.82) is 0 Å². The van der Waals surface area contributed by atoms with Gasteiger partial charge >= 0.3 is 0 Å². The summed E-state index contributed by atoms with van der Waals surface area (Å²) in [7, 11) is 0. The summed E-state index contributed by atoms with van der Waals surface area (Å²) in [5.74, 6) is -0.261. The quantitative estimate of drug-likeness (QED) is 0.444. The molecule has 1 aliphatic rings. The van der Waals surface area contributed by atoms with Crippen LogP contribution < -0.4 is 15.5 Å². The molecule has 8 nitrogen and oxygen atoms in total. The minimum Gasteiger partial charge on any atom is -0.378 e. The Hall–Kier alpha value is -3.42. The molecular weight excluding hydrogens is 348 g/mol. The summed E-state index contributed by atoms with van der Waals surface area (Å²) in [5.41, 5.74) is 1.45. The highest BCUT2D eigenvalue weighted by molar-refractivity contribution is 6.05. The van der Waals surface area contributed by atoms with E-state index >= 15 is 0 Å². The van der Waals surface area contributed by atoms with E-state index < -0.39 is 4.92 Å². The second kappa shape index (κ2) is 8.31. The van der Waals surface area contributed by atoms with Crippen LogP contribution in [0.5, 0.6) is 0 Å². The van der Waals surface area contributed by atoms with Crippen molar-refractivity contribution in [1.82, 2.24) is 5.32 Å². The van der Waals surface area contributed by atoms with Gasteiger partial charge < -0.3 is 15.5 Å². The molecular formula is C19H20N4O4. The molecule has 27 heavy (non-hydrogen) atoms. The minimum absolute atomic E-state index is 0.0123. The summed E-state index contributed by atoms with van der Waals surface area (Å²) in [5, 5.41) is 16.7. The first-order valence-electron chi connectivity index (χ1n) is 8.73. The second-order valence-electron chi connectivity index (χ2n) is 6.12. The molecule has 1 saturated heterocycles. The number of nitro groups is 1. The summed E-state index contributed by atoms with van der Waals surface area (Å²) in [6, 6.07) is 13.4. The van der Waals surface area contributed by atoms with Crippen LogP contribution in [-0.2, 0) is 4.79 Å². The zero-order valence-corrected chi connectivity index (χ0v) is 14.7. The van der Waals surface area contributed by atoms with Gasteiger partial charge in [0.15, 0.2) is 0 Å². The molecule has 0 spiro atoms. The zero-order valence-electron chi connectivity index (χ0n) is 14.7. The van der Waals surface area contributed by atoms with Gasteiger partial charge in [-0.3, -0.25) is 19.7 Å². The number of carbonyl (C=O) groups excluding carboxylic acids is 2. The monoisotopic (exact) mass is 368 g/mol. The maximum absolute atomic E-state index is 12.5. The average molecular weight is 368 g/mol. The molecule has 1 heterocycles. The lowest BCUT2D eigenvalue weighted by molar-refractivity contribution is -0.384. The number of benzene rings is 2. The van der Waals surface area contributed by atoms with Crippen molar-refractivity contribution in [3.63, 3.8) is 0 Å². The standard InChI is InChI=1S/C19H20N4O4/c24-18-10-5-13-22(18)16-8-3-1-6-14(16)19(25)21-12-11-20-15-7-2-4-9-17(15)23(26)27/h1-4,6-9,20H,5,10-13H2,(H,21,25). The SMILES string of the molecule is O=C(NCCNc1ccccc1[N+](=O)[O-])c1ccccc1N1CCCC1=O. The molecule has 2 amide bonds. The van der Waals surface area contributed by atoms with Gasteiger partial charge in [-0.2, -0.15) is 0 Å². The first-order chi connectivity index (χ1) is 13.1. The van der Waals surface area contributed by atoms with Gasteiger partial charge in [0.1, 0.15) is 5.69 Å². The lowest BCUT2D eigenvalue weighted by Gasteiger charge is -2.19. The van der Waals surface area contributed by atoms with Gasteiger partial charge in [-0.05, 0) is 24.6 Å². The fourth-order valence-electron chi connectivity index (χ4n) is 3.05. The molecule has 1 aliphatic heterocycles. The molecule has 0 atom stereocenters. The summed E-state index contributed by atoms with van der Waals surface area (Å²) >= 11 is 0. The molecule has 0 bridgehead atoms. The Balaban J connectivity index is 1.59. The van der Waals surface area contributed by atoms with E-state index in [0.29, 0.717) is 36.4 Å². The highest BCUT2D eigenvalue weighted by atomic mass is 16.6. The molecule has 2 aromatic rings. The van der Waals surface area contributed by atoms with Crippen molar-refractivity contribution in [2.24, 2.45) is 0 Å². The van der Waals surface area contributed by atoms with Crippen molar-refractivity contribution in [3.05, 3.63) is 64.2 Å². The molecule has 0 unspecified atom stereocenters. The second-order valence-corrected chi connectivity index (χ2v) is 6.12. The van der Waals surface area contributed by atoms with Crippen molar-refractivity contribution in [3.8, 4) is 0 Å². The van der Waals surface area contributed by atoms with Gasteiger partial charge in [0.05, 0.1) is 16.2 Å². The van der Waals surface area contributed by atoms with Crippen LogP contribution in [0.3, 0.4) is 0 Å². The van der Waals surface area contributed by atoms with E-state index in [9.17, 15) is 19.7 Å². The van der Waals surface area contributed by atoms with Crippen LogP contribution in [0.2, 0.25) is 0 Å². The first-order valence-corrected chi connectivity index (χ1v) is 8.73. The van der Waals surface area contributed by atoms with E-state index in [1.165, 1.54) is 6.07 Å². The normalized spacial score (nSPS) is 13.5. The Labute approximate surface area is 156 Å². The van der Waals surface area contributed by atoms with Crippen LogP contribution in [0.4, 0.5) is 17.1 Å². The van der Waals surface area contributed by atoms with Crippen LogP contribution in [0.1, 0.15) is 23.2 Å². The van der Waals surface area contributed by atoms with Gasteiger partial charge in [-0.1, -0.05) is 24.3 Å². The third-order valence-corrected chi connectivity index (χ3v) is 4.34. The Morgan fingerprint density at radius 3 is 2.59 bits per heavy atom. The topological polar surface area (TPSA) is 105 Å². The number of hydrogen-bond donors (Lipinski definition) is 2. The van der Waals surface area contributed by atoms with Gasteiger partial charge in [0.2, 0.25) is 5.91 Å². The fourth-order valence-corrected chi connectivity index (χ4v) is 3.05. The van der Waals surface area contributed by atoms with Gasteiger partial charge in [0.25, 0.3) is 11.6 Å². The third kappa shape index (κ3) is 4.22. The third-order valence-electron chi connectivity index (χ3n) is 4.34. The summed E-state index contributed by atoms with van der Waals surface area (Å²) < 4.78 is 0. The zero-order chi connectivity index (χ0) is 19.2. The lowest BCUT2D eigenvalue weighted by atomic mass is 10.1. The van der Waals surface area contributed by atoms with E-state index in [0.717, 1.165) is 6.42 Å². The smallest absolute Gasteiger partial charge is 0.292 e. The first kappa shape index (κ1) is 18.4. The number of rotatable bonds is 7. The Morgan fingerprint density at radius 1 is 1.11 bits per heavy atom. The molecule has 2 aromatic carbocycles. The van der Waals surface area contributed by atoms with Crippen LogP contribution >= 0.6 is 0 Å². The molecule has 0 saturated carbocycles. The van der Waals surface area contributed by atoms with E-state index in [-0.39, 0.29) is 24.0 Å². The van der Waals surface area contributed by atoms with Gasteiger partial charge in [-0.25, -0.2) is 0 Å². The predicted octanol–water partition coefficient (Wildman–Crippen LogP) is 2.56. The highest BCUT2D eigenvalue weighted by Gasteiger charge is 2.25. The van der Waals surface area contributed by atoms with Gasteiger partial charge in [0, 0.05) is 32.1 Å². The maximum Gasteiger partial charge on any atom is 0.292 e. The number of amides is 2. The fraction of sp³-hybridized carbons (Fsp3) is 0.263. The number of nitrogens with zero attached hydrogens (tertiary/aromatic N) is 2. The van der Waals surface area contributed by atoms with Crippen LogP contribution in [0.25, 0.3) is 0 Å². The molecule has 0 aliphatic carbocycles. The Morgan fingerprint density at radius 2 is 1.85 bits per heavy atom. The molecule has 8 heteroatoms. The number of anilines is 2. The van der Waals surface area contributed by atoms with Crippen LogP contribution in [0, 0.1) is 10.1 Å². The molecule has 2 N–H and O–H groups in total. The van der Waals surface area contributed by atoms with Crippen molar-refractivity contribution >= 4 is 28.9 Å². The Kier molecular flexibility index (Phi) is 5.65. The van der Waals surface area contributed by atoms with Crippen molar-refractivity contribution in [2.75, 3.05) is 29.9 Å². The van der Waals surface area contributed by atoms with E-state index in [1.54, 1.807) is 47.4 Å². The lowest BCUT2D eigenvalue weighted by Crippen LogP contribution is -2.32. The largest absolute Gasteiger partial charge is 0.378 e.